The minimum atomic E-state index is -0.741. The van der Waals surface area contributed by atoms with Crippen LogP contribution in [0.4, 0.5) is 0 Å². The number of hydrogen-bond acceptors (Lipinski definition) is 6. The average molecular weight is 254 g/mol. The summed E-state index contributed by atoms with van der Waals surface area (Å²) in [7, 11) is 0. The first-order valence-electron chi connectivity index (χ1n) is 5.07. The standard InChI is InChI=1S/C6H8O3.C6H6O3/c2*7-4-1-5(8)3-6(9)2-4/h1-2,5,7-9H,3H2;1-3,7-9H. The zero-order chi connectivity index (χ0) is 13.7. The van der Waals surface area contributed by atoms with Gasteiger partial charge >= 0.3 is 0 Å². The van der Waals surface area contributed by atoms with E-state index in [4.69, 9.17) is 30.6 Å². The molecule has 0 radical (unpaired) electrons. The number of phenolic OH excluding ortho intramolecular Hbond substituents is 3. The molecule has 1 aliphatic rings. The topological polar surface area (TPSA) is 121 Å². The molecule has 1 aliphatic carbocycles. The van der Waals surface area contributed by atoms with Crippen molar-refractivity contribution in [1.29, 1.82) is 0 Å². The van der Waals surface area contributed by atoms with Crippen molar-refractivity contribution in [2.24, 2.45) is 0 Å². The lowest BCUT2D eigenvalue weighted by molar-refractivity contribution is 0.192. The van der Waals surface area contributed by atoms with Gasteiger partial charge in [0.2, 0.25) is 0 Å². The third kappa shape index (κ3) is 4.67. The number of benzene rings is 1. The number of rotatable bonds is 0. The van der Waals surface area contributed by atoms with E-state index in [-0.39, 0.29) is 35.2 Å². The average Bonchev–Trinajstić information content (AvgIpc) is 2.12. The third-order valence-electron chi connectivity index (χ3n) is 1.98. The summed E-state index contributed by atoms with van der Waals surface area (Å²) in [4.78, 5) is 0. The number of aliphatic hydroxyl groups excluding tert-OH is 3. The molecule has 6 heteroatoms. The molecule has 0 aliphatic heterocycles. The lowest BCUT2D eigenvalue weighted by Gasteiger charge is -2.09. The SMILES string of the molecule is OC1=CC(O)CC(O)=C1.Oc1cc(O)cc(O)c1. The highest BCUT2D eigenvalue weighted by Gasteiger charge is 2.10. The first-order valence-corrected chi connectivity index (χ1v) is 5.07. The number of allylic oxidation sites excluding steroid dienone is 1. The molecule has 0 saturated heterocycles. The highest BCUT2D eigenvalue weighted by Crippen LogP contribution is 2.23. The van der Waals surface area contributed by atoms with Gasteiger partial charge < -0.3 is 30.6 Å². The van der Waals surface area contributed by atoms with Crippen molar-refractivity contribution >= 4 is 0 Å². The molecule has 0 bridgehead atoms. The van der Waals surface area contributed by atoms with Gasteiger partial charge in [0.25, 0.3) is 0 Å². The minimum Gasteiger partial charge on any atom is -0.512 e. The smallest absolute Gasteiger partial charge is 0.122 e. The van der Waals surface area contributed by atoms with Crippen LogP contribution >= 0.6 is 0 Å². The monoisotopic (exact) mass is 254 g/mol. The van der Waals surface area contributed by atoms with Crippen LogP contribution in [0.2, 0.25) is 0 Å². The van der Waals surface area contributed by atoms with E-state index in [0.717, 1.165) is 18.2 Å². The Kier molecular flexibility index (Phi) is 4.45. The summed E-state index contributed by atoms with van der Waals surface area (Å²) in [5, 5.41) is 52.3. The van der Waals surface area contributed by atoms with Crippen molar-refractivity contribution in [1.82, 2.24) is 0 Å². The maximum absolute atomic E-state index is 8.81. The quantitative estimate of drug-likeness (QED) is 0.416. The van der Waals surface area contributed by atoms with Gasteiger partial charge in [-0.2, -0.15) is 0 Å². The maximum Gasteiger partial charge on any atom is 0.122 e. The molecule has 6 nitrogen and oxygen atoms in total. The van der Waals surface area contributed by atoms with Gasteiger partial charge in [-0.1, -0.05) is 0 Å². The van der Waals surface area contributed by atoms with Crippen LogP contribution in [-0.4, -0.2) is 36.7 Å². The van der Waals surface area contributed by atoms with Gasteiger partial charge in [-0.05, 0) is 6.08 Å². The summed E-state index contributed by atoms with van der Waals surface area (Å²) in [6.07, 6.45) is 1.95. The van der Waals surface area contributed by atoms with Crippen LogP contribution in [0.25, 0.3) is 0 Å². The third-order valence-corrected chi connectivity index (χ3v) is 1.98. The number of phenols is 3. The predicted molar refractivity (Wildman–Crippen MR) is 63.5 cm³/mol. The fourth-order valence-corrected chi connectivity index (χ4v) is 1.33. The van der Waals surface area contributed by atoms with Gasteiger partial charge in [-0.15, -0.1) is 0 Å². The van der Waals surface area contributed by atoms with Gasteiger partial charge in [0, 0.05) is 30.7 Å². The summed E-state index contributed by atoms with van der Waals surface area (Å²) < 4.78 is 0. The van der Waals surface area contributed by atoms with E-state index in [1.807, 2.05) is 0 Å². The highest BCUT2D eigenvalue weighted by molar-refractivity contribution is 5.39. The van der Waals surface area contributed by atoms with E-state index in [0.29, 0.717) is 0 Å². The van der Waals surface area contributed by atoms with Crippen molar-refractivity contribution in [2.45, 2.75) is 12.5 Å². The molecule has 0 fully saturated rings. The van der Waals surface area contributed by atoms with Crippen LogP contribution in [0.5, 0.6) is 17.2 Å². The molecule has 0 aromatic heterocycles. The Bertz CT molecular complexity index is 427. The molecule has 6 N–H and O–H groups in total. The van der Waals surface area contributed by atoms with E-state index in [1.54, 1.807) is 0 Å². The van der Waals surface area contributed by atoms with Gasteiger partial charge in [0.05, 0.1) is 11.9 Å². The van der Waals surface area contributed by atoms with Crippen LogP contribution in [0.3, 0.4) is 0 Å². The molecule has 98 valence electrons. The van der Waals surface area contributed by atoms with E-state index in [2.05, 4.69) is 0 Å². The zero-order valence-electron chi connectivity index (χ0n) is 9.35. The minimum absolute atomic E-state index is 0.0162. The van der Waals surface area contributed by atoms with Gasteiger partial charge in [0.1, 0.15) is 23.0 Å². The zero-order valence-corrected chi connectivity index (χ0v) is 9.35. The Morgan fingerprint density at radius 1 is 0.833 bits per heavy atom. The summed E-state index contributed by atoms with van der Waals surface area (Å²) in [6.45, 7) is 0. The van der Waals surface area contributed by atoms with Crippen LogP contribution in [0.15, 0.2) is 41.9 Å². The van der Waals surface area contributed by atoms with E-state index in [1.165, 1.54) is 12.2 Å². The Balaban J connectivity index is 0.000000180. The normalized spacial score (nSPS) is 18.2. The molecule has 2 rings (SSSR count). The molecule has 1 aromatic rings. The Morgan fingerprint density at radius 2 is 1.28 bits per heavy atom. The second-order valence-electron chi connectivity index (χ2n) is 3.71. The summed E-state index contributed by atoms with van der Waals surface area (Å²) in [5.41, 5.74) is 0. The number of aromatic hydroxyl groups is 3. The van der Waals surface area contributed by atoms with Crippen molar-refractivity contribution in [2.75, 3.05) is 0 Å². The fourth-order valence-electron chi connectivity index (χ4n) is 1.33. The second kappa shape index (κ2) is 5.83. The van der Waals surface area contributed by atoms with Gasteiger partial charge in [0.15, 0.2) is 0 Å². The fraction of sp³-hybridized carbons (Fsp3) is 0.167. The molecule has 18 heavy (non-hydrogen) atoms. The Hall–Kier alpha value is -2.34. The molecular formula is C12H14O6. The van der Waals surface area contributed by atoms with Crippen LogP contribution in [0.1, 0.15) is 6.42 Å². The molecule has 1 aromatic carbocycles. The van der Waals surface area contributed by atoms with E-state index < -0.39 is 6.10 Å². The predicted octanol–water partition coefficient (Wildman–Crippen LogP) is 1.44. The molecule has 1 atom stereocenters. The first-order chi connectivity index (χ1) is 8.36. The summed E-state index contributed by atoms with van der Waals surface area (Å²) in [6, 6.07) is 3.42. The lowest BCUT2D eigenvalue weighted by Crippen LogP contribution is -2.08. The molecular weight excluding hydrogens is 240 g/mol. The summed E-state index contributed by atoms with van der Waals surface area (Å²) in [5.74, 6) is -0.499. The first kappa shape index (κ1) is 13.7. The molecule has 1 unspecified atom stereocenters. The van der Waals surface area contributed by atoms with Crippen molar-refractivity contribution in [3.63, 3.8) is 0 Å². The lowest BCUT2D eigenvalue weighted by atomic mass is 10.1. The number of hydrogen-bond donors (Lipinski definition) is 6. The Morgan fingerprint density at radius 3 is 1.61 bits per heavy atom. The second-order valence-corrected chi connectivity index (χ2v) is 3.71. The van der Waals surface area contributed by atoms with Gasteiger partial charge in [-0.25, -0.2) is 0 Å². The van der Waals surface area contributed by atoms with E-state index in [9.17, 15) is 0 Å². The molecule has 0 amide bonds. The van der Waals surface area contributed by atoms with Crippen LogP contribution in [0, 0.1) is 0 Å². The number of aliphatic hydroxyl groups is 3. The Labute approximate surface area is 103 Å². The van der Waals surface area contributed by atoms with Crippen LogP contribution < -0.4 is 0 Å². The van der Waals surface area contributed by atoms with Crippen molar-refractivity contribution < 1.29 is 30.6 Å². The highest BCUT2D eigenvalue weighted by atomic mass is 16.3. The molecule has 0 spiro atoms. The van der Waals surface area contributed by atoms with Crippen molar-refractivity contribution in [3.05, 3.63) is 41.9 Å². The molecule has 0 heterocycles. The molecule has 0 saturated carbocycles. The maximum atomic E-state index is 8.81. The summed E-state index contributed by atoms with van der Waals surface area (Å²) >= 11 is 0. The van der Waals surface area contributed by atoms with Gasteiger partial charge in [-0.3, -0.25) is 0 Å². The largest absolute Gasteiger partial charge is 0.512 e. The van der Waals surface area contributed by atoms with Crippen molar-refractivity contribution in [3.8, 4) is 17.2 Å². The van der Waals surface area contributed by atoms with E-state index >= 15 is 0 Å². The van der Waals surface area contributed by atoms with Crippen LogP contribution in [-0.2, 0) is 0 Å².